The van der Waals surface area contributed by atoms with Crippen molar-refractivity contribution in [3.8, 4) is 0 Å². The lowest BCUT2D eigenvalue weighted by Gasteiger charge is -2.46. The number of benzene rings is 3. The van der Waals surface area contributed by atoms with Crippen molar-refractivity contribution in [2.45, 2.75) is 75.8 Å². The Bertz CT molecular complexity index is 1230. The van der Waals surface area contributed by atoms with E-state index >= 15 is 0 Å². The van der Waals surface area contributed by atoms with Crippen molar-refractivity contribution in [1.82, 2.24) is 4.90 Å². The van der Waals surface area contributed by atoms with Crippen molar-refractivity contribution in [1.29, 1.82) is 0 Å². The molecule has 0 aromatic heterocycles. The molecule has 0 bridgehead atoms. The van der Waals surface area contributed by atoms with Gasteiger partial charge in [0, 0.05) is 25.3 Å². The predicted molar refractivity (Wildman–Crippen MR) is 161 cm³/mol. The van der Waals surface area contributed by atoms with Crippen LogP contribution in [0.4, 0.5) is 4.79 Å². The average Bonchev–Trinajstić information content (AvgIpc) is 3.06. The van der Waals surface area contributed by atoms with Gasteiger partial charge in [-0.15, -0.1) is 0 Å². The second kappa shape index (κ2) is 16.0. The summed E-state index contributed by atoms with van der Waals surface area (Å²) >= 11 is 0. The number of hydrogen-bond donors (Lipinski definition) is 2. The van der Waals surface area contributed by atoms with Gasteiger partial charge in [0.25, 0.3) is 0 Å². The van der Waals surface area contributed by atoms with Gasteiger partial charge in [-0.05, 0) is 24.0 Å². The molecule has 0 saturated carbocycles. The van der Waals surface area contributed by atoms with Crippen LogP contribution in [0, 0.1) is 0 Å². The average molecular weight is 591 g/mol. The minimum absolute atomic E-state index is 0.246. The highest BCUT2D eigenvalue weighted by Gasteiger charge is 2.48. The summed E-state index contributed by atoms with van der Waals surface area (Å²) in [4.78, 5) is 14.7. The standard InChI is InChI=1S/C34H42N2O7/c35-29-30(37)31-28(24-40-32(43-31)27-18-10-5-11-19-27)42-33(29)39-21-13-2-1-12-20-36(22-25-14-6-3-7-15-25)34(38)41-23-26-16-8-4-9-17-26/h3-11,14-19,28-33,37H,1-2,12-13,20-24,35H2/t28?,29?,30?,31-,32?,33+/m0/s1. The fraction of sp³-hybridized carbons (Fsp3) is 0.441. The third-order valence-electron chi connectivity index (χ3n) is 7.77. The van der Waals surface area contributed by atoms with E-state index in [-0.39, 0.29) is 19.3 Å². The summed E-state index contributed by atoms with van der Waals surface area (Å²) in [5, 5.41) is 10.9. The zero-order valence-electron chi connectivity index (χ0n) is 24.4. The van der Waals surface area contributed by atoms with E-state index in [2.05, 4.69) is 0 Å². The second-order valence-electron chi connectivity index (χ2n) is 11.0. The molecule has 2 aliphatic heterocycles. The maximum atomic E-state index is 12.9. The Morgan fingerprint density at radius 3 is 2.23 bits per heavy atom. The van der Waals surface area contributed by atoms with Gasteiger partial charge >= 0.3 is 6.09 Å². The summed E-state index contributed by atoms with van der Waals surface area (Å²) in [7, 11) is 0. The Morgan fingerprint density at radius 1 is 0.860 bits per heavy atom. The summed E-state index contributed by atoms with van der Waals surface area (Å²) in [5.41, 5.74) is 9.19. The van der Waals surface area contributed by atoms with Gasteiger partial charge in [-0.25, -0.2) is 4.79 Å². The summed E-state index contributed by atoms with van der Waals surface area (Å²) in [6.45, 7) is 2.07. The van der Waals surface area contributed by atoms with Crippen LogP contribution in [-0.2, 0) is 36.8 Å². The predicted octanol–water partition coefficient (Wildman–Crippen LogP) is 4.93. The SMILES string of the molecule is NC1C(O)[C@H]2OC(c3ccccc3)OCC2O[C@H]1OCCCCCCN(Cc1ccccc1)C(=O)OCc1ccccc1. The Morgan fingerprint density at radius 2 is 1.51 bits per heavy atom. The lowest BCUT2D eigenvalue weighted by molar-refractivity contribution is -0.342. The number of nitrogens with two attached hydrogens (primary N) is 1. The molecule has 3 aromatic rings. The first-order valence-corrected chi connectivity index (χ1v) is 15.1. The second-order valence-corrected chi connectivity index (χ2v) is 11.0. The highest BCUT2D eigenvalue weighted by molar-refractivity contribution is 5.67. The molecule has 2 fully saturated rings. The molecule has 1 amide bonds. The van der Waals surface area contributed by atoms with Crippen LogP contribution in [0.25, 0.3) is 0 Å². The van der Waals surface area contributed by atoms with Gasteiger partial charge in [0.1, 0.15) is 24.9 Å². The normalized spacial score (nSPS) is 25.1. The van der Waals surface area contributed by atoms with E-state index in [1.807, 2.05) is 91.0 Å². The van der Waals surface area contributed by atoms with Gasteiger partial charge in [-0.1, -0.05) is 104 Å². The summed E-state index contributed by atoms with van der Waals surface area (Å²) in [6.07, 6.45) is -0.128. The molecular weight excluding hydrogens is 548 g/mol. The molecule has 2 heterocycles. The van der Waals surface area contributed by atoms with Crippen molar-refractivity contribution in [2.75, 3.05) is 19.8 Å². The Labute approximate surface area is 253 Å². The maximum Gasteiger partial charge on any atom is 0.410 e. The third kappa shape index (κ3) is 8.86. The van der Waals surface area contributed by atoms with Crippen LogP contribution >= 0.6 is 0 Å². The minimum atomic E-state index is -0.934. The van der Waals surface area contributed by atoms with Crippen LogP contribution in [0.2, 0.25) is 0 Å². The molecule has 2 saturated heterocycles. The van der Waals surface area contributed by atoms with E-state index in [0.717, 1.165) is 42.4 Å². The zero-order chi connectivity index (χ0) is 29.9. The molecule has 2 aliphatic rings. The number of nitrogens with zero attached hydrogens (tertiary/aromatic N) is 1. The zero-order valence-corrected chi connectivity index (χ0v) is 24.4. The molecule has 5 rings (SSSR count). The largest absolute Gasteiger partial charge is 0.445 e. The lowest BCUT2D eigenvalue weighted by Crippen LogP contribution is -2.65. The van der Waals surface area contributed by atoms with E-state index in [9.17, 15) is 9.90 Å². The fourth-order valence-electron chi connectivity index (χ4n) is 5.35. The van der Waals surface area contributed by atoms with Gasteiger partial charge < -0.3 is 39.4 Å². The van der Waals surface area contributed by atoms with E-state index in [1.54, 1.807) is 4.90 Å². The number of fused-ring (bicyclic) bond motifs is 1. The highest BCUT2D eigenvalue weighted by atomic mass is 16.7. The molecule has 4 unspecified atom stereocenters. The number of carbonyl (C=O) groups excluding carboxylic acids is 1. The molecule has 0 spiro atoms. The summed E-state index contributed by atoms with van der Waals surface area (Å²) in [5.74, 6) is 0. The number of aliphatic hydroxyl groups is 1. The van der Waals surface area contributed by atoms with Gasteiger partial charge in [-0.3, -0.25) is 0 Å². The monoisotopic (exact) mass is 590 g/mol. The molecule has 0 aliphatic carbocycles. The number of rotatable bonds is 13. The van der Waals surface area contributed by atoms with Crippen LogP contribution in [0.15, 0.2) is 91.0 Å². The number of carbonyl (C=O) groups is 1. The quantitative estimate of drug-likeness (QED) is 0.270. The first-order valence-electron chi connectivity index (χ1n) is 15.1. The van der Waals surface area contributed by atoms with Crippen molar-refractivity contribution >= 4 is 6.09 Å². The van der Waals surface area contributed by atoms with Gasteiger partial charge in [0.05, 0.1) is 12.6 Å². The molecular formula is C34H42N2O7. The molecule has 0 radical (unpaired) electrons. The Kier molecular flexibility index (Phi) is 11.5. The molecule has 9 heteroatoms. The van der Waals surface area contributed by atoms with E-state index in [1.165, 1.54) is 0 Å². The molecule has 230 valence electrons. The van der Waals surface area contributed by atoms with Gasteiger partial charge in [-0.2, -0.15) is 0 Å². The highest BCUT2D eigenvalue weighted by Crippen LogP contribution is 2.33. The van der Waals surface area contributed by atoms with Crippen LogP contribution in [-0.4, -0.2) is 66.5 Å². The number of unbranched alkanes of at least 4 members (excludes halogenated alkanes) is 3. The molecule has 6 atom stereocenters. The summed E-state index contributed by atoms with van der Waals surface area (Å²) < 4.78 is 29.5. The molecule has 3 aromatic carbocycles. The first-order chi connectivity index (χ1) is 21.1. The molecule has 9 nitrogen and oxygen atoms in total. The van der Waals surface area contributed by atoms with Gasteiger partial charge in [0.2, 0.25) is 0 Å². The van der Waals surface area contributed by atoms with E-state index in [0.29, 0.717) is 19.7 Å². The van der Waals surface area contributed by atoms with Crippen LogP contribution < -0.4 is 5.73 Å². The van der Waals surface area contributed by atoms with Gasteiger partial charge in [0.15, 0.2) is 12.6 Å². The number of hydrogen-bond acceptors (Lipinski definition) is 8. The molecule has 43 heavy (non-hydrogen) atoms. The maximum absolute atomic E-state index is 12.9. The van der Waals surface area contributed by atoms with Crippen LogP contribution in [0.1, 0.15) is 48.7 Å². The van der Waals surface area contributed by atoms with E-state index < -0.39 is 36.9 Å². The number of aliphatic hydroxyl groups excluding tert-OH is 1. The third-order valence-corrected chi connectivity index (χ3v) is 7.77. The van der Waals surface area contributed by atoms with Crippen molar-refractivity contribution in [3.63, 3.8) is 0 Å². The topological polar surface area (TPSA) is 113 Å². The van der Waals surface area contributed by atoms with Crippen molar-refractivity contribution in [2.24, 2.45) is 5.73 Å². The number of ether oxygens (including phenoxy) is 5. The smallest absolute Gasteiger partial charge is 0.410 e. The fourth-order valence-corrected chi connectivity index (χ4v) is 5.35. The van der Waals surface area contributed by atoms with Crippen molar-refractivity contribution in [3.05, 3.63) is 108 Å². The summed E-state index contributed by atoms with van der Waals surface area (Å²) in [6, 6.07) is 28.5. The lowest BCUT2D eigenvalue weighted by atomic mass is 9.96. The Hall–Kier alpha value is -3.31. The van der Waals surface area contributed by atoms with E-state index in [4.69, 9.17) is 29.4 Å². The minimum Gasteiger partial charge on any atom is -0.445 e. The van der Waals surface area contributed by atoms with Crippen molar-refractivity contribution < 1.29 is 33.6 Å². The number of amides is 1. The van der Waals surface area contributed by atoms with Crippen LogP contribution in [0.5, 0.6) is 0 Å². The first kappa shape index (κ1) is 31.1. The Balaban J connectivity index is 1.02. The molecule has 3 N–H and O–H groups in total. The van der Waals surface area contributed by atoms with Crippen LogP contribution in [0.3, 0.4) is 0 Å².